The first-order valence-corrected chi connectivity index (χ1v) is 9.20. The van der Waals surface area contributed by atoms with E-state index in [4.69, 9.17) is 4.74 Å². The van der Waals surface area contributed by atoms with Gasteiger partial charge in [0.25, 0.3) is 5.91 Å². The van der Waals surface area contributed by atoms with Crippen molar-refractivity contribution in [3.63, 3.8) is 0 Å². The Balaban J connectivity index is 1.55. The summed E-state index contributed by atoms with van der Waals surface area (Å²) in [5, 5.41) is 8.54. The van der Waals surface area contributed by atoms with Gasteiger partial charge in [-0.15, -0.1) is 10.2 Å². The van der Waals surface area contributed by atoms with Gasteiger partial charge in [-0.2, -0.15) is 0 Å². The third-order valence-electron chi connectivity index (χ3n) is 6.01. The van der Waals surface area contributed by atoms with Crippen LogP contribution in [-0.2, 0) is 17.7 Å². The molecule has 0 radical (unpaired) electrons. The Labute approximate surface area is 143 Å². The molecule has 0 aromatic carbocycles. The Kier molecular flexibility index (Phi) is 4.30. The van der Waals surface area contributed by atoms with E-state index in [1.165, 1.54) is 6.42 Å². The van der Waals surface area contributed by atoms with Gasteiger partial charge in [0.2, 0.25) is 5.82 Å². The molecule has 0 aliphatic carbocycles. The number of rotatable bonds is 1. The molecule has 0 saturated carbocycles. The van der Waals surface area contributed by atoms with Gasteiger partial charge in [-0.25, -0.2) is 0 Å². The molecule has 7 heteroatoms. The Morgan fingerprint density at radius 2 is 1.92 bits per heavy atom. The van der Waals surface area contributed by atoms with Crippen LogP contribution in [0.15, 0.2) is 0 Å². The van der Waals surface area contributed by atoms with Crippen LogP contribution < -0.4 is 0 Å². The van der Waals surface area contributed by atoms with Crippen molar-refractivity contribution < 1.29 is 9.53 Å². The Morgan fingerprint density at radius 1 is 1.08 bits per heavy atom. The molecule has 24 heavy (non-hydrogen) atoms. The first kappa shape index (κ1) is 16.0. The fourth-order valence-corrected chi connectivity index (χ4v) is 4.31. The zero-order valence-corrected chi connectivity index (χ0v) is 14.5. The number of amides is 1. The molecule has 0 bridgehead atoms. The van der Waals surface area contributed by atoms with E-state index in [0.29, 0.717) is 5.82 Å². The molecule has 4 rings (SSSR count). The minimum Gasteiger partial charge on any atom is -0.381 e. The number of piperazine rings is 1. The van der Waals surface area contributed by atoms with Crippen LogP contribution >= 0.6 is 0 Å². The standard InChI is InChI=1S/C17H27N5O2/c1-20-9-10-21(13-17(20)6-11-24-12-7-17)16(23)15-19-18-14-5-3-2-4-8-22(14)15/h2-13H2,1H3. The first-order chi connectivity index (χ1) is 11.7. The highest BCUT2D eigenvalue weighted by Gasteiger charge is 2.43. The molecule has 2 saturated heterocycles. The van der Waals surface area contributed by atoms with Gasteiger partial charge in [0, 0.05) is 51.4 Å². The van der Waals surface area contributed by atoms with Crippen molar-refractivity contribution in [2.45, 2.75) is 50.6 Å². The summed E-state index contributed by atoms with van der Waals surface area (Å²) in [4.78, 5) is 17.5. The van der Waals surface area contributed by atoms with Crippen molar-refractivity contribution in [3.05, 3.63) is 11.6 Å². The second kappa shape index (κ2) is 6.44. The molecular formula is C17H27N5O2. The molecule has 1 aromatic rings. The van der Waals surface area contributed by atoms with E-state index >= 15 is 0 Å². The minimum atomic E-state index is 0.0506. The van der Waals surface area contributed by atoms with Crippen LogP contribution in [0, 0.1) is 0 Å². The summed E-state index contributed by atoms with van der Waals surface area (Å²) >= 11 is 0. The van der Waals surface area contributed by atoms with Crippen molar-refractivity contribution in [1.82, 2.24) is 24.6 Å². The molecule has 3 aliphatic heterocycles. The van der Waals surface area contributed by atoms with Crippen molar-refractivity contribution >= 4 is 5.91 Å². The average Bonchev–Trinajstić information content (AvgIpc) is 2.86. The number of nitrogens with zero attached hydrogens (tertiary/aromatic N) is 5. The molecule has 0 atom stereocenters. The fraction of sp³-hybridized carbons (Fsp3) is 0.824. The smallest absolute Gasteiger partial charge is 0.291 e. The highest BCUT2D eigenvalue weighted by atomic mass is 16.5. The summed E-state index contributed by atoms with van der Waals surface area (Å²) in [6.07, 6.45) is 6.37. The Bertz CT molecular complexity index is 608. The van der Waals surface area contributed by atoms with Crippen molar-refractivity contribution in [2.24, 2.45) is 0 Å². The summed E-state index contributed by atoms with van der Waals surface area (Å²) in [6, 6.07) is 0. The molecule has 0 unspecified atom stereocenters. The number of ether oxygens (including phenoxy) is 1. The van der Waals surface area contributed by atoms with Crippen LogP contribution in [0.4, 0.5) is 0 Å². The van der Waals surface area contributed by atoms with E-state index in [0.717, 1.165) is 77.3 Å². The zero-order valence-electron chi connectivity index (χ0n) is 14.5. The lowest BCUT2D eigenvalue weighted by Crippen LogP contribution is -2.63. The number of fused-ring (bicyclic) bond motifs is 1. The van der Waals surface area contributed by atoms with Crippen LogP contribution in [0.2, 0.25) is 0 Å². The highest BCUT2D eigenvalue weighted by molar-refractivity contribution is 5.91. The molecule has 2 fully saturated rings. The third kappa shape index (κ3) is 2.73. The van der Waals surface area contributed by atoms with E-state index in [1.807, 2.05) is 4.90 Å². The maximum Gasteiger partial charge on any atom is 0.291 e. The van der Waals surface area contributed by atoms with E-state index in [-0.39, 0.29) is 11.4 Å². The van der Waals surface area contributed by atoms with Crippen LogP contribution in [-0.4, -0.2) is 75.9 Å². The van der Waals surface area contributed by atoms with Crippen LogP contribution in [0.3, 0.4) is 0 Å². The number of hydrogen-bond acceptors (Lipinski definition) is 5. The molecule has 4 heterocycles. The molecule has 1 aromatic heterocycles. The van der Waals surface area contributed by atoms with E-state index in [9.17, 15) is 4.79 Å². The minimum absolute atomic E-state index is 0.0506. The summed E-state index contributed by atoms with van der Waals surface area (Å²) in [7, 11) is 2.18. The first-order valence-electron chi connectivity index (χ1n) is 9.20. The summed E-state index contributed by atoms with van der Waals surface area (Å²) in [5.41, 5.74) is 0.0633. The van der Waals surface area contributed by atoms with E-state index in [2.05, 4.69) is 26.7 Å². The van der Waals surface area contributed by atoms with Gasteiger partial charge in [-0.1, -0.05) is 6.42 Å². The van der Waals surface area contributed by atoms with Gasteiger partial charge in [0.1, 0.15) is 5.82 Å². The van der Waals surface area contributed by atoms with E-state index < -0.39 is 0 Å². The second-order valence-corrected chi connectivity index (χ2v) is 7.39. The van der Waals surface area contributed by atoms with Gasteiger partial charge in [-0.05, 0) is 32.7 Å². The third-order valence-corrected chi connectivity index (χ3v) is 6.01. The lowest BCUT2D eigenvalue weighted by Gasteiger charge is -2.51. The van der Waals surface area contributed by atoms with Crippen LogP contribution in [0.25, 0.3) is 0 Å². The maximum atomic E-state index is 13.1. The van der Waals surface area contributed by atoms with Gasteiger partial charge in [0.15, 0.2) is 0 Å². The second-order valence-electron chi connectivity index (χ2n) is 7.39. The SMILES string of the molecule is CN1CCN(C(=O)c2nnc3n2CCCCC3)CC12CCOCC2. The van der Waals surface area contributed by atoms with Gasteiger partial charge >= 0.3 is 0 Å². The molecule has 1 spiro atoms. The monoisotopic (exact) mass is 333 g/mol. The topological polar surface area (TPSA) is 63.5 Å². The van der Waals surface area contributed by atoms with Crippen molar-refractivity contribution in [2.75, 3.05) is 39.9 Å². The molecule has 0 N–H and O–H groups in total. The van der Waals surface area contributed by atoms with E-state index in [1.54, 1.807) is 0 Å². The average molecular weight is 333 g/mol. The largest absolute Gasteiger partial charge is 0.381 e. The number of aromatic nitrogens is 3. The Hall–Kier alpha value is -1.47. The van der Waals surface area contributed by atoms with Gasteiger partial charge in [0.05, 0.1) is 0 Å². The van der Waals surface area contributed by atoms with Gasteiger partial charge in [-0.3, -0.25) is 9.69 Å². The number of aryl methyl sites for hydroxylation is 1. The molecule has 3 aliphatic rings. The van der Waals surface area contributed by atoms with Crippen LogP contribution in [0.5, 0.6) is 0 Å². The summed E-state index contributed by atoms with van der Waals surface area (Å²) < 4.78 is 7.60. The normalized spacial score (nSPS) is 24.6. The number of likely N-dealkylation sites (N-methyl/N-ethyl adjacent to an activating group) is 1. The summed E-state index contributed by atoms with van der Waals surface area (Å²) in [5.74, 6) is 1.57. The van der Waals surface area contributed by atoms with Crippen molar-refractivity contribution in [3.8, 4) is 0 Å². The molecular weight excluding hydrogens is 306 g/mol. The molecule has 132 valence electrons. The van der Waals surface area contributed by atoms with Gasteiger partial charge < -0.3 is 14.2 Å². The summed E-state index contributed by atoms with van der Waals surface area (Å²) in [6.45, 7) is 4.89. The maximum absolute atomic E-state index is 13.1. The molecule has 1 amide bonds. The lowest BCUT2D eigenvalue weighted by atomic mass is 9.86. The fourth-order valence-electron chi connectivity index (χ4n) is 4.31. The highest BCUT2D eigenvalue weighted by Crippen LogP contribution is 2.31. The Morgan fingerprint density at radius 3 is 2.75 bits per heavy atom. The number of carbonyl (C=O) groups excluding carboxylic acids is 1. The predicted octanol–water partition coefficient (Wildman–Crippen LogP) is 0.941. The molecule has 7 nitrogen and oxygen atoms in total. The zero-order chi connectivity index (χ0) is 16.6. The number of carbonyl (C=O) groups is 1. The van der Waals surface area contributed by atoms with Crippen molar-refractivity contribution in [1.29, 1.82) is 0 Å². The quantitative estimate of drug-likeness (QED) is 0.765. The lowest BCUT2D eigenvalue weighted by molar-refractivity contribution is -0.0546. The van der Waals surface area contributed by atoms with Crippen LogP contribution in [0.1, 0.15) is 48.5 Å². The predicted molar refractivity (Wildman–Crippen MR) is 88.9 cm³/mol. The number of hydrogen-bond donors (Lipinski definition) is 0.